The zero-order chi connectivity index (χ0) is 10.1. The van der Waals surface area contributed by atoms with Crippen LogP contribution in [0.1, 0.15) is 19.3 Å². The molecule has 1 aliphatic carbocycles. The largest absolute Gasteiger partial charge is 0.523 e. The second-order valence-electron chi connectivity index (χ2n) is 3.08. The molecule has 1 fully saturated rings. The summed E-state index contributed by atoms with van der Waals surface area (Å²) in [5.74, 6) is 0. The third kappa shape index (κ3) is 3.68. The van der Waals surface area contributed by atoms with Crippen molar-refractivity contribution in [1.82, 2.24) is 0 Å². The van der Waals surface area contributed by atoms with Crippen LogP contribution in [0, 0.1) is 0 Å². The minimum atomic E-state index is -4.56. The van der Waals surface area contributed by atoms with Gasteiger partial charge in [-0.3, -0.25) is 4.74 Å². The highest BCUT2D eigenvalue weighted by atomic mass is 79.9. The quantitative estimate of drug-likeness (QED) is 0.518. The second kappa shape index (κ2) is 4.00. The molecule has 0 aromatic rings. The van der Waals surface area contributed by atoms with Crippen molar-refractivity contribution in [3.05, 3.63) is 12.2 Å². The summed E-state index contributed by atoms with van der Waals surface area (Å²) < 4.78 is 39.5. The van der Waals surface area contributed by atoms with Crippen LogP contribution in [0.15, 0.2) is 12.2 Å². The lowest BCUT2D eigenvalue weighted by atomic mass is 9.93. The maximum Gasteiger partial charge on any atom is 0.523 e. The summed E-state index contributed by atoms with van der Waals surface area (Å²) in [4.78, 5) is 0.102. The molecular formula is C8H10BrF3O. The molecule has 0 spiro atoms. The molecule has 2 atom stereocenters. The first-order chi connectivity index (χ1) is 5.88. The molecular weight excluding hydrogens is 249 g/mol. The molecule has 0 radical (unpaired) electrons. The zero-order valence-electron chi connectivity index (χ0n) is 6.90. The van der Waals surface area contributed by atoms with E-state index in [9.17, 15) is 13.2 Å². The lowest BCUT2D eigenvalue weighted by Gasteiger charge is -2.28. The molecule has 5 heteroatoms. The van der Waals surface area contributed by atoms with Gasteiger partial charge < -0.3 is 0 Å². The van der Waals surface area contributed by atoms with E-state index in [1.165, 1.54) is 0 Å². The molecule has 0 aromatic heterocycles. The van der Waals surface area contributed by atoms with Gasteiger partial charge in [0.25, 0.3) is 0 Å². The summed E-state index contributed by atoms with van der Waals surface area (Å²) in [6.07, 6.45) is -3.67. The van der Waals surface area contributed by atoms with E-state index in [1.54, 1.807) is 0 Å². The molecule has 1 rings (SSSR count). The maximum absolute atomic E-state index is 11.9. The van der Waals surface area contributed by atoms with Crippen LogP contribution in [-0.2, 0) is 4.74 Å². The van der Waals surface area contributed by atoms with Crippen LogP contribution in [0.5, 0.6) is 0 Å². The van der Waals surface area contributed by atoms with Gasteiger partial charge in [0.2, 0.25) is 0 Å². The van der Waals surface area contributed by atoms with Crippen molar-refractivity contribution in [2.24, 2.45) is 0 Å². The maximum atomic E-state index is 11.9. The average Bonchev–Trinajstić information content (AvgIpc) is 1.94. The Morgan fingerprint density at radius 3 is 2.62 bits per heavy atom. The first-order valence-corrected chi connectivity index (χ1v) is 4.86. The summed E-state index contributed by atoms with van der Waals surface area (Å²) in [7, 11) is 0. The highest BCUT2D eigenvalue weighted by molar-refractivity contribution is 9.09. The highest BCUT2D eigenvalue weighted by Crippen LogP contribution is 2.33. The molecule has 0 N–H and O–H groups in total. The lowest BCUT2D eigenvalue weighted by Crippen LogP contribution is -2.30. The summed E-state index contributed by atoms with van der Waals surface area (Å²) >= 11 is 3.28. The van der Waals surface area contributed by atoms with Gasteiger partial charge in [-0.15, -0.1) is 13.2 Å². The normalized spacial score (nSPS) is 30.6. The number of ether oxygens (including phenoxy) is 1. The van der Waals surface area contributed by atoms with Gasteiger partial charge >= 0.3 is 6.36 Å². The molecule has 1 aliphatic rings. The number of halogens is 4. The third-order valence-electron chi connectivity index (χ3n) is 1.98. The van der Waals surface area contributed by atoms with Gasteiger partial charge in [0, 0.05) is 4.83 Å². The lowest BCUT2D eigenvalue weighted by molar-refractivity contribution is -0.339. The van der Waals surface area contributed by atoms with E-state index >= 15 is 0 Å². The van der Waals surface area contributed by atoms with Gasteiger partial charge in [-0.1, -0.05) is 22.5 Å². The standard InChI is InChI=1S/C8H10BrF3O/c1-5-2-3-6(9)4-7(5)13-8(10,11)12/h6-7H,1-4H2. The molecule has 0 bridgehead atoms. The summed E-state index contributed by atoms with van der Waals surface area (Å²) in [6, 6.07) is 0. The van der Waals surface area contributed by atoms with Gasteiger partial charge in [-0.05, 0) is 24.8 Å². The molecule has 1 saturated carbocycles. The van der Waals surface area contributed by atoms with Crippen molar-refractivity contribution >= 4 is 15.9 Å². The Morgan fingerprint density at radius 1 is 1.46 bits per heavy atom. The molecule has 0 amide bonds. The van der Waals surface area contributed by atoms with Crippen molar-refractivity contribution in [3.63, 3.8) is 0 Å². The SMILES string of the molecule is C=C1CCC(Br)CC1OC(F)(F)F. The minimum absolute atomic E-state index is 0.102. The predicted molar refractivity (Wildman–Crippen MR) is 46.6 cm³/mol. The van der Waals surface area contributed by atoms with Gasteiger partial charge in [0.05, 0.1) is 6.10 Å². The molecule has 0 saturated heterocycles. The van der Waals surface area contributed by atoms with Gasteiger partial charge in [-0.2, -0.15) is 0 Å². The number of alkyl halides is 4. The summed E-state index contributed by atoms with van der Waals surface area (Å²) in [6.45, 7) is 3.57. The van der Waals surface area contributed by atoms with Gasteiger partial charge in [0.15, 0.2) is 0 Å². The first-order valence-electron chi connectivity index (χ1n) is 3.95. The van der Waals surface area contributed by atoms with E-state index in [4.69, 9.17) is 0 Å². The van der Waals surface area contributed by atoms with E-state index in [-0.39, 0.29) is 4.83 Å². The van der Waals surface area contributed by atoms with E-state index in [1.807, 2.05) is 0 Å². The second-order valence-corrected chi connectivity index (χ2v) is 4.38. The Labute approximate surface area is 83.1 Å². The Hall–Kier alpha value is -0.0300. The fourth-order valence-electron chi connectivity index (χ4n) is 1.31. The molecule has 0 heterocycles. The Bertz CT molecular complexity index is 202. The monoisotopic (exact) mass is 258 g/mol. The van der Waals surface area contributed by atoms with Crippen molar-refractivity contribution in [2.75, 3.05) is 0 Å². The smallest absolute Gasteiger partial charge is 0.284 e. The van der Waals surface area contributed by atoms with Crippen molar-refractivity contribution in [3.8, 4) is 0 Å². The van der Waals surface area contributed by atoms with Crippen LogP contribution in [-0.4, -0.2) is 17.3 Å². The molecule has 76 valence electrons. The Kier molecular flexibility index (Phi) is 3.40. The highest BCUT2D eigenvalue weighted by Gasteiger charge is 2.36. The molecule has 0 aromatic carbocycles. The first kappa shape index (κ1) is 11.0. The van der Waals surface area contributed by atoms with Crippen molar-refractivity contribution < 1.29 is 17.9 Å². The van der Waals surface area contributed by atoms with E-state index in [0.717, 1.165) is 6.42 Å². The number of hydrogen-bond acceptors (Lipinski definition) is 1. The van der Waals surface area contributed by atoms with Gasteiger partial charge in [-0.25, -0.2) is 0 Å². The molecule has 0 aliphatic heterocycles. The fourth-order valence-corrected chi connectivity index (χ4v) is 1.88. The molecule has 2 unspecified atom stereocenters. The Morgan fingerprint density at radius 2 is 2.08 bits per heavy atom. The van der Waals surface area contributed by atoms with E-state index in [2.05, 4.69) is 27.2 Å². The van der Waals surface area contributed by atoms with Crippen molar-refractivity contribution in [2.45, 2.75) is 36.6 Å². The zero-order valence-corrected chi connectivity index (χ0v) is 8.49. The summed E-state index contributed by atoms with van der Waals surface area (Å²) in [5, 5.41) is 0. The fraction of sp³-hybridized carbons (Fsp3) is 0.750. The van der Waals surface area contributed by atoms with Crippen molar-refractivity contribution in [1.29, 1.82) is 0 Å². The summed E-state index contributed by atoms with van der Waals surface area (Å²) in [5.41, 5.74) is 0.535. The van der Waals surface area contributed by atoms with Crippen LogP contribution in [0.3, 0.4) is 0 Å². The van der Waals surface area contributed by atoms with Crippen LogP contribution >= 0.6 is 15.9 Å². The topological polar surface area (TPSA) is 9.23 Å². The molecule has 1 nitrogen and oxygen atoms in total. The van der Waals surface area contributed by atoms with Gasteiger partial charge in [0.1, 0.15) is 0 Å². The van der Waals surface area contributed by atoms with Crippen LogP contribution in [0.25, 0.3) is 0 Å². The Balaban J connectivity index is 2.52. The molecule has 13 heavy (non-hydrogen) atoms. The minimum Gasteiger partial charge on any atom is -0.284 e. The number of rotatable bonds is 1. The third-order valence-corrected chi connectivity index (χ3v) is 2.81. The number of hydrogen-bond donors (Lipinski definition) is 0. The van der Waals surface area contributed by atoms with Crippen LogP contribution in [0.4, 0.5) is 13.2 Å². The van der Waals surface area contributed by atoms with Crippen LogP contribution < -0.4 is 0 Å². The van der Waals surface area contributed by atoms with E-state index in [0.29, 0.717) is 18.4 Å². The van der Waals surface area contributed by atoms with E-state index < -0.39 is 12.5 Å². The van der Waals surface area contributed by atoms with Crippen LogP contribution in [0.2, 0.25) is 0 Å². The average molecular weight is 259 g/mol. The predicted octanol–water partition coefficient (Wildman–Crippen LogP) is 3.40.